The van der Waals surface area contributed by atoms with E-state index in [0.29, 0.717) is 23.6 Å². The molecule has 0 spiro atoms. The lowest BCUT2D eigenvalue weighted by Gasteiger charge is -2.20. The van der Waals surface area contributed by atoms with Gasteiger partial charge in [0.05, 0.1) is 23.2 Å². The topological polar surface area (TPSA) is 66.5 Å². The van der Waals surface area contributed by atoms with Gasteiger partial charge >= 0.3 is 0 Å². The number of hydrogen-bond donors (Lipinski definition) is 1. The number of rotatable bonds is 5. The van der Waals surface area contributed by atoms with E-state index in [1.807, 2.05) is 13.0 Å². The number of carbonyl (C=O) groups is 3. The second-order valence-corrected chi connectivity index (χ2v) is 5.63. The number of hydrogen-bond acceptors (Lipinski definition) is 3. The van der Waals surface area contributed by atoms with Crippen molar-refractivity contribution in [1.29, 1.82) is 0 Å². The van der Waals surface area contributed by atoms with E-state index in [2.05, 4.69) is 5.32 Å². The zero-order valence-electron chi connectivity index (χ0n) is 12.5. The van der Waals surface area contributed by atoms with Crippen molar-refractivity contribution in [3.63, 3.8) is 0 Å². The standard InChI is InChI=1S/C16H19ClN2O3/c1-2-11-5-3-7-13(15(11)17)16(22)18-9-14(21)19-8-4-6-12(19)10-20/h3,5,7,10,12H,2,4,6,8-9H2,1H3,(H,18,22)/t12-/m0/s1. The fourth-order valence-corrected chi connectivity index (χ4v) is 2.97. The summed E-state index contributed by atoms with van der Waals surface area (Å²) in [7, 11) is 0. The third kappa shape index (κ3) is 3.47. The van der Waals surface area contributed by atoms with Crippen LogP contribution in [0, 0.1) is 0 Å². The van der Waals surface area contributed by atoms with Gasteiger partial charge in [0.2, 0.25) is 5.91 Å². The van der Waals surface area contributed by atoms with Crippen molar-refractivity contribution in [2.24, 2.45) is 0 Å². The van der Waals surface area contributed by atoms with Crippen LogP contribution in [0.25, 0.3) is 0 Å². The van der Waals surface area contributed by atoms with Crippen LogP contribution in [0.3, 0.4) is 0 Å². The summed E-state index contributed by atoms with van der Waals surface area (Å²) in [6.07, 6.45) is 3.02. The summed E-state index contributed by atoms with van der Waals surface area (Å²) >= 11 is 6.19. The van der Waals surface area contributed by atoms with E-state index in [1.165, 1.54) is 4.90 Å². The van der Waals surface area contributed by atoms with E-state index in [9.17, 15) is 14.4 Å². The maximum atomic E-state index is 12.2. The number of benzene rings is 1. The molecule has 5 nitrogen and oxygen atoms in total. The van der Waals surface area contributed by atoms with Crippen molar-refractivity contribution in [2.75, 3.05) is 13.1 Å². The third-order valence-electron chi connectivity index (χ3n) is 3.88. The lowest BCUT2D eigenvalue weighted by Crippen LogP contribution is -2.43. The number of amides is 2. The Hall–Kier alpha value is -1.88. The molecular weight excluding hydrogens is 304 g/mol. The van der Waals surface area contributed by atoms with Gasteiger partial charge in [0.1, 0.15) is 6.29 Å². The predicted molar refractivity (Wildman–Crippen MR) is 84.0 cm³/mol. The molecule has 2 rings (SSSR count). The molecule has 0 unspecified atom stereocenters. The minimum Gasteiger partial charge on any atom is -0.343 e. The number of nitrogens with one attached hydrogen (secondary N) is 1. The molecule has 1 aromatic carbocycles. The molecule has 118 valence electrons. The molecular formula is C16H19ClN2O3. The SMILES string of the molecule is CCc1cccc(C(=O)NCC(=O)N2CCC[C@H]2C=O)c1Cl. The molecule has 1 aliphatic rings. The molecule has 1 saturated heterocycles. The molecule has 0 radical (unpaired) electrons. The normalized spacial score (nSPS) is 17.4. The van der Waals surface area contributed by atoms with Crippen molar-refractivity contribution in [2.45, 2.75) is 32.2 Å². The van der Waals surface area contributed by atoms with Crippen LogP contribution >= 0.6 is 11.6 Å². The Kier molecular flexibility index (Phi) is 5.55. The molecule has 1 atom stereocenters. The summed E-state index contributed by atoms with van der Waals surface area (Å²) in [6, 6.07) is 4.90. The average molecular weight is 323 g/mol. The molecule has 1 N–H and O–H groups in total. The largest absolute Gasteiger partial charge is 0.343 e. The summed E-state index contributed by atoms with van der Waals surface area (Å²) in [4.78, 5) is 36.7. The van der Waals surface area contributed by atoms with Gasteiger partial charge in [-0.1, -0.05) is 30.7 Å². The van der Waals surface area contributed by atoms with Crippen molar-refractivity contribution >= 4 is 29.7 Å². The maximum absolute atomic E-state index is 12.2. The molecule has 1 fully saturated rings. The Morgan fingerprint density at radius 1 is 1.45 bits per heavy atom. The molecule has 0 saturated carbocycles. The van der Waals surface area contributed by atoms with E-state index < -0.39 is 0 Å². The van der Waals surface area contributed by atoms with E-state index in [4.69, 9.17) is 11.6 Å². The predicted octanol–water partition coefficient (Wildman–Crippen LogP) is 1.82. The van der Waals surface area contributed by atoms with Crippen LogP contribution in [0.5, 0.6) is 0 Å². The first-order chi connectivity index (χ1) is 10.6. The number of likely N-dealkylation sites (tertiary alicyclic amines) is 1. The second-order valence-electron chi connectivity index (χ2n) is 5.25. The molecule has 22 heavy (non-hydrogen) atoms. The van der Waals surface area contributed by atoms with Gasteiger partial charge in [0.25, 0.3) is 5.91 Å². The first-order valence-corrected chi connectivity index (χ1v) is 7.76. The fourth-order valence-electron chi connectivity index (χ4n) is 2.62. The van der Waals surface area contributed by atoms with E-state index >= 15 is 0 Å². The smallest absolute Gasteiger partial charge is 0.253 e. The second kappa shape index (κ2) is 7.40. The van der Waals surface area contributed by atoms with Gasteiger partial charge in [-0.3, -0.25) is 9.59 Å². The van der Waals surface area contributed by atoms with Gasteiger partial charge < -0.3 is 15.0 Å². The molecule has 0 bridgehead atoms. The Balaban J connectivity index is 1.98. The van der Waals surface area contributed by atoms with E-state index in [1.54, 1.807) is 12.1 Å². The average Bonchev–Trinajstić information content (AvgIpc) is 3.01. The number of aryl methyl sites for hydroxylation is 1. The van der Waals surface area contributed by atoms with Crippen molar-refractivity contribution in [1.82, 2.24) is 10.2 Å². The van der Waals surface area contributed by atoms with E-state index in [0.717, 1.165) is 24.7 Å². The monoisotopic (exact) mass is 322 g/mol. The molecule has 1 heterocycles. The highest BCUT2D eigenvalue weighted by Crippen LogP contribution is 2.21. The molecule has 1 aromatic rings. The van der Waals surface area contributed by atoms with Gasteiger partial charge in [-0.2, -0.15) is 0 Å². The summed E-state index contributed by atoms with van der Waals surface area (Å²) in [6.45, 7) is 2.39. The van der Waals surface area contributed by atoms with Crippen molar-refractivity contribution in [3.05, 3.63) is 34.3 Å². The van der Waals surface area contributed by atoms with Gasteiger partial charge in [0.15, 0.2) is 0 Å². The fraction of sp³-hybridized carbons (Fsp3) is 0.438. The molecule has 0 aromatic heterocycles. The Morgan fingerprint density at radius 2 is 2.23 bits per heavy atom. The number of aldehydes is 1. The Morgan fingerprint density at radius 3 is 2.91 bits per heavy atom. The zero-order chi connectivity index (χ0) is 16.1. The maximum Gasteiger partial charge on any atom is 0.253 e. The number of halogens is 1. The zero-order valence-corrected chi connectivity index (χ0v) is 13.2. The minimum atomic E-state index is -0.379. The van der Waals surface area contributed by atoms with Gasteiger partial charge in [0, 0.05) is 6.54 Å². The van der Waals surface area contributed by atoms with Crippen LogP contribution in [0.2, 0.25) is 5.02 Å². The van der Waals surface area contributed by atoms with Crippen LogP contribution in [-0.4, -0.2) is 42.1 Å². The first kappa shape index (κ1) is 16.5. The van der Waals surface area contributed by atoms with Crippen LogP contribution in [0.4, 0.5) is 0 Å². The quantitative estimate of drug-likeness (QED) is 0.841. The molecule has 2 amide bonds. The minimum absolute atomic E-state index is 0.129. The first-order valence-electron chi connectivity index (χ1n) is 7.38. The highest BCUT2D eigenvalue weighted by Gasteiger charge is 2.28. The van der Waals surface area contributed by atoms with E-state index in [-0.39, 0.29) is 24.4 Å². The molecule has 6 heteroatoms. The van der Waals surface area contributed by atoms with Gasteiger partial charge in [-0.25, -0.2) is 0 Å². The van der Waals surface area contributed by atoms with Gasteiger partial charge in [-0.15, -0.1) is 0 Å². The number of carbonyl (C=O) groups excluding carboxylic acids is 3. The lowest BCUT2D eigenvalue weighted by molar-refractivity contribution is -0.133. The van der Waals surface area contributed by atoms with Crippen LogP contribution < -0.4 is 5.32 Å². The molecule has 0 aliphatic carbocycles. The van der Waals surface area contributed by atoms with Crippen LogP contribution in [0.15, 0.2) is 18.2 Å². The summed E-state index contributed by atoms with van der Waals surface area (Å²) < 4.78 is 0. The Labute approximate surface area is 134 Å². The van der Waals surface area contributed by atoms with Crippen LogP contribution in [-0.2, 0) is 16.0 Å². The van der Waals surface area contributed by atoms with Crippen LogP contribution in [0.1, 0.15) is 35.7 Å². The summed E-state index contributed by atoms with van der Waals surface area (Å²) in [5, 5.41) is 3.00. The van der Waals surface area contributed by atoms with Crippen molar-refractivity contribution < 1.29 is 14.4 Å². The Bertz CT molecular complexity index is 589. The summed E-state index contributed by atoms with van der Waals surface area (Å²) in [5.74, 6) is -0.624. The summed E-state index contributed by atoms with van der Waals surface area (Å²) in [5.41, 5.74) is 1.25. The highest BCUT2D eigenvalue weighted by atomic mass is 35.5. The van der Waals surface area contributed by atoms with Gasteiger partial charge in [-0.05, 0) is 30.9 Å². The molecule has 1 aliphatic heterocycles. The lowest BCUT2D eigenvalue weighted by atomic mass is 10.1. The highest BCUT2D eigenvalue weighted by molar-refractivity contribution is 6.34. The van der Waals surface area contributed by atoms with Crippen molar-refractivity contribution in [3.8, 4) is 0 Å². The third-order valence-corrected chi connectivity index (χ3v) is 4.33. The number of nitrogens with zero attached hydrogens (tertiary/aromatic N) is 1.